The summed E-state index contributed by atoms with van der Waals surface area (Å²) in [6, 6.07) is 0.893. The molecule has 0 aromatic carbocycles. The van der Waals surface area contributed by atoms with E-state index < -0.39 is 0 Å². The van der Waals surface area contributed by atoms with Crippen LogP contribution in [0, 0.1) is 5.41 Å². The molecule has 0 heterocycles. The van der Waals surface area contributed by atoms with Crippen molar-refractivity contribution < 1.29 is 4.79 Å². The van der Waals surface area contributed by atoms with E-state index in [1.807, 2.05) is 6.92 Å². The van der Waals surface area contributed by atoms with Gasteiger partial charge in [-0.25, -0.2) is 0 Å². The number of rotatable bonds is 4. The highest BCUT2D eigenvalue weighted by molar-refractivity contribution is 5.81. The first kappa shape index (κ1) is 15.8. The van der Waals surface area contributed by atoms with Gasteiger partial charge in [-0.1, -0.05) is 33.1 Å². The van der Waals surface area contributed by atoms with Gasteiger partial charge in [-0.15, -0.1) is 0 Å². The molecule has 2 rings (SSSR count). The minimum Gasteiger partial charge on any atom is -0.352 e. The maximum absolute atomic E-state index is 12.2. The van der Waals surface area contributed by atoms with Crippen molar-refractivity contribution in [3.63, 3.8) is 0 Å². The van der Waals surface area contributed by atoms with E-state index in [0.29, 0.717) is 17.5 Å². The summed E-state index contributed by atoms with van der Waals surface area (Å²) in [6.07, 6.45) is 11.1. The zero-order valence-corrected chi connectivity index (χ0v) is 13.5. The van der Waals surface area contributed by atoms with Gasteiger partial charge < -0.3 is 10.6 Å². The van der Waals surface area contributed by atoms with E-state index in [4.69, 9.17) is 0 Å². The first-order valence-electron chi connectivity index (χ1n) is 8.53. The standard InChI is InChI=1S/C17H32N2O/c1-13(16(20)19-14-7-5-4-6-8-14)18-15-9-11-17(2,3)12-10-15/h13-15,18H,4-12H2,1-3H3,(H,19,20). The normalized spacial score (nSPS) is 26.1. The van der Waals surface area contributed by atoms with Gasteiger partial charge >= 0.3 is 0 Å². The summed E-state index contributed by atoms with van der Waals surface area (Å²) in [7, 11) is 0. The summed E-state index contributed by atoms with van der Waals surface area (Å²) in [5.41, 5.74) is 0.492. The molecule has 2 aliphatic carbocycles. The SMILES string of the molecule is CC(NC1CCC(C)(C)CC1)C(=O)NC1CCCCC1. The summed E-state index contributed by atoms with van der Waals surface area (Å²) >= 11 is 0. The van der Waals surface area contributed by atoms with Crippen molar-refractivity contribution in [3.8, 4) is 0 Å². The molecule has 2 fully saturated rings. The van der Waals surface area contributed by atoms with Crippen LogP contribution in [0.5, 0.6) is 0 Å². The Morgan fingerprint density at radius 2 is 1.60 bits per heavy atom. The van der Waals surface area contributed by atoms with Crippen molar-refractivity contribution in [1.82, 2.24) is 10.6 Å². The number of amides is 1. The number of hydrogen-bond donors (Lipinski definition) is 2. The molecule has 2 N–H and O–H groups in total. The Hall–Kier alpha value is -0.570. The van der Waals surface area contributed by atoms with Crippen LogP contribution in [0.15, 0.2) is 0 Å². The van der Waals surface area contributed by atoms with E-state index in [9.17, 15) is 4.79 Å². The Kier molecular flexibility index (Phi) is 5.48. The fourth-order valence-electron chi connectivity index (χ4n) is 3.57. The maximum atomic E-state index is 12.2. The highest BCUT2D eigenvalue weighted by Gasteiger charge is 2.28. The Morgan fingerprint density at radius 3 is 2.20 bits per heavy atom. The van der Waals surface area contributed by atoms with E-state index in [2.05, 4.69) is 24.5 Å². The van der Waals surface area contributed by atoms with Gasteiger partial charge in [0.15, 0.2) is 0 Å². The molecule has 0 aliphatic heterocycles. The van der Waals surface area contributed by atoms with Gasteiger partial charge in [-0.05, 0) is 50.9 Å². The van der Waals surface area contributed by atoms with Crippen LogP contribution in [0.4, 0.5) is 0 Å². The summed E-state index contributed by atoms with van der Waals surface area (Å²) < 4.78 is 0. The first-order valence-corrected chi connectivity index (χ1v) is 8.53. The highest BCUT2D eigenvalue weighted by atomic mass is 16.2. The predicted octanol–water partition coefficient (Wildman–Crippen LogP) is 3.38. The van der Waals surface area contributed by atoms with Crippen LogP contribution in [0.25, 0.3) is 0 Å². The fraction of sp³-hybridized carbons (Fsp3) is 0.941. The molecule has 0 aromatic heterocycles. The van der Waals surface area contributed by atoms with E-state index >= 15 is 0 Å². The summed E-state index contributed by atoms with van der Waals surface area (Å²) in [5, 5.41) is 6.76. The molecule has 3 heteroatoms. The van der Waals surface area contributed by atoms with Gasteiger partial charge in [0.05, 0.1) is 6.04 Å². The lowest BCUT2D eigenvalue weighted by Crippen LogP contribution is -2.50. The van der Waals surface area contributed by atoms with E-state index in [0.717, 1.165) is 12.8 Å². The second-order valence-corrected chi connectivity index (χ2v) is 7.67. The Balaban J connectivity index is 1.71. The van der Waals surface area contributed by atoms with Crippen molar-refractivity contribution in [1.29, 1.82) is 0 Å². The predicted molar refractivity (Wildman–Crippen MR) is 83.7 cm³/mol. The van der Waals surface area contributed by atoms with E-state index in [-0.39, 0.29) is 11.9 Å². The monoisotopic (exact) mass is 280 g/mol. The Bertz CT molecular complexity index is 311. The minimum atomic E-state index is -0.0526. The molecule has 3 nitrogen and oxygen atoms in total. The minimum absolute atomic E-state index is 0.0526. The number of carbonyl (C=O) groups excluding carboxylic acids is 1. The number of hydrogen-bond acceptors (Lipinski definition) is 2. The van der Waals surface area contributed by atoms with Crippen molar-refractivity contribution in [3.05, 3.63) is 0 Å². The third-order valence-electron chi connectivity index (χ3n) is 5.17. The molecule has 0 spiro atoms. The zero-order valence-electron chi connectivity index (χ0n) is 13.5. The first-order chi connectivity index (χ1) is 9.46. The molecule has 20 heavy (non-hydrogen) atoms. The summed E-state index contributed by atoms with van der Waals surface area (Å²) in [6.45, 7) is 6.71. The van der Waals surface area contributed by atoms with Crippen LogP contribution >= 0.6 is 0 Å². The average Bonchev–Trinajstić information content (AvgIpc) is 2.42. The topological polar surface area (TPSA) is 41.1 Å². The van der Waals surface area contributed by atoms with Crippen molar-refractivity contribution >= 4 is 5.91 Å². The third-order valence-corrected chi connectivity index (χ3v) is 5.17. The van der Waals surface area contributed by atoms with E-state index in [1.54, 1.807) is 0 Å². The zero-order chi connectivity index (χ0) is 14.6. The highest BCUT2D eigenvalue weighted by Crippen LogP contribution is 2.35. The quantitative estimate of drug-likeness (QED) is 0.829. The fourth-order valence-corrected chi connectivity index (χ4v) is 3.57. The lowest BCUT2D eigenvalue weighted by Gasteiger charge is -2.36. The molecular formula is C17H32N2O. The van der Waals surface area contributed by atoms with Crippen LogP contribution < -0.4 is 10.6 Å². The van der Waals surface area contributed by atoms with Gasteiger partial charge in [0.25, 0.3) is 0 Å². The number of nitrogens with one attached hydrogen (secondary N) is 2. The molecular weight excluding hydrogens is 248 g/mol. The van der Waals surface area contributed by atoms with Crippen LogP contribution in [0.1, 0.15) is 78.6 Å². The maximum Gasteiger partial charge on any atom is 0.237 e. The molecule has 2 saturated carbocycles. The van der Waals surface area contributed by atoms with Crippen molar-refractivity contribution in [2.24, 2.45) is 5.41 Å². The van der Waals surface area contributed by atoms with Gasteiger partial charge in [0.2, 0.25) is 5.91 Å². The molecule has 1 unspecified atom stereocenters. The van der Waals surface area contributed by atoms with E-state index in [1.165, 1.54) is 44.9 Å². The lowest BCUT2D eigenvalue weighted by atomic mass is 9.75. The van der Waals surface area contributed by atoms with Crippen LogP contribution in [-0.2, 0) is 4.79 Å². The molecule has 0 aromatic rings. The van der Waals surface area contributed by atoms with Gasteiger partial charge in [-0.3, -0.25) is 4.79 Å². The van der Waals surface area contributed by atoms with Crippen molar-refractivity contribution in [2.75, 3.05) is 0 Å². The summed E-state index contributed by atoms with van der Waals surface area (Å²) in [4.78, 5) is 12.2. The van der Waals surface area contributed by atoms with Gasteiger partial charge in [0, 0.05) is 12.1 Å². The largest absolute Gasteiger partial charge is 0.352 e. The third kappa shape index (κ3) is 4.76. The van der Waals surface area contributed by atoms with Gasteiger partial charge in [-0.2, -0.15) is 0 Å². The van der Waals surface area contributed by atoms with Crippen molar-refractivity contribution in [2.45, 2.75) is 96.7 Å². The molecule has 0 bridgehead atoms. The Morgan fingerprint density at radius 1 is 1.00 bits per heavy atom. The second kappa shape index (κ2) is 6.93. The number of carbonyl (C=O) groups is 1. The average molecular weight is 280 g/mol. The molecule has 0 radical (unpaired) electrons. The second-order valence-electron chi connectivity index (χ2n) is 7.67. The Labute approximate surface area is 124 Å². The summed E-state index contributed by atoms with van der Waals surface area (Å²) in [5.74, 6) is 0.196. The van der Waals surface area contributed by atoms with Crippen LogP contribution in [0.3, 0.4) is 0 Å². The smallest absolute Gasteiger partial charge is 0.237 e. The van der Waals surface area contributed by atoms with Crippen LogP contribution in [0.2, 0.25) is 0 Å². The molecule has 0 saturated heterocycles. The molecule has 2 aliphatic rings. The molecule has 116 valence electrons. The van der Waals surface area contributed by atoms with Gasteiger partial charge in [0.1, 0.15) is 0 Å². The van der Waals surface area contributed by atoms with Crippen LogP contribution in [-0.4, -0.2) is 24.0 Å². The lowest BCUT2D eigenvalue weighted by molar-refractivity contribution is -0.124. The molecule has 1 amide bonds. The molecule has 1 atom stereocenters.